The van der Waals surface area contributed by atoms with Crippen molar-refractivity contribution < 1.29 is 0 Å². The number of nitrogen functional groups attached to an aromatic ring is 1. The van der Waals surface area contributed by atoms with Crippen LogP contribution in [-0.4, -0.2) is 34.5 Å². The van der Waals surface area contributed by atoms with E-state index in [1.165, 1.54) is 0 Å². The minimum absolute atomic E-state index is 0.474. The second kappa shape index (κ2) is 5.99. The van der Waals surface area contributed by atoms with Crippen LogP contribution in [0.2, 0.25) is 0 Å². The minimum atomic E-state index is 0.474. The molecular weight excluding hydrogens is 332 g/mol. The van der Waals surface area contributed by atoms with E-state index in [4.69, 9.17) is 5.73 Å². The molecule has 0 atom stereocenters. The molecule has 26 heavy (non-hydrogen) atoms. The lowest BCUT2D eigenvalue weighted by atomic mass is 10.3. The Morgan fingerprint density at radius 1 is 1.08 bits per heavy atom. The smallest absolute Gasteiger partial charge is 0.229 e. The van der Waals surface area contributed by atoms with Crippen molar-refractivity contribution in [3.05, 3.63) is 36.5 Å². The maximum atomic E-state index is 5.83. The van der Waals surface area contributed by atoms with Gasteiger partial charge in [-0.1, -0.05) is 0 Å². The Balaban J connectivity index is 1.68. The second-order valence-electron chi connectivity index (χ2n) is 5.96. The molecule has 4 N–H and O–H groups in total. The van der Waals surface area contributed by atoms with Crippen molar-refractivity contribution in [3.63, 3.8) is 0 Å². The van der Waals surface area contributed by atoms with Crippen molar-refractivity contribution >= 4 is 39.9 Å². The second-order valence-corrected chi connectivity index (χ2v) is 5.96. The normalized spacial score (nSPS) is 11.0. The maximum Gasteiger partial charge on any atom is 0.229 e. The molecule has 0 aliphatic rings. The van der Waals surface area contributed by atoms with Crippen LogP contribution in [-0.2, 0) is 14.1 Å². The number of nitrogens with one attached hydrogen (secondary N) is 2. The van der Waals surface area contributed by atoms with Crippen molar-refractivity contribution in [3.8, 4) is 0 Å². The average Bonchev–Trinajstić information content (AvgIpc) is 3.15. The van der Waals surface area contributed by atoms with E-state index in [0.29, 0.717) is 23.1 Å². The highest BCUT2D eigenvalue weighted by Crippen LogP contribution is 2.27. The number of nitrogens with two attached hydrogens (primary N) is 1. The third-order valence-corrected chi connectivity index (χ3v) is 3.90. The summed E-state index contributed by atoms with van der Waals surface area (Å²) >= 11 is 0. The van der Waals surface area contributed by atoms with Crippen LogP contribution in [0.5, 0.6) is 0 Å². The summed E-state index contributed by atoms with van der Waals surface area (Å²) in [5, 5.41) is 15.8. The standard InChI is InChI=1S/C16H18N10/c1-9-13(4-10(17)5-18-9)22-14-12-7-19-16(23-15(12)26(3)24-14)21-11-6-20-25(2)8-11/h4-8H,17H2,1-3H3,(H,22,24)(H,19,21,23). The summed E-state index contributed by atoms with van der Waals surface area (Å²) in [7, 11) is 3.68. The molecule has 132 valence electrons. The van der Waals surface area contributed by atoms with Crippen LogP contribution in [0.25, 0.3) is 11.0 Å². The lowest BCUT2D eigenvalue weighted by molar-refractivity contribution is 0.768. The molecule has 0 fully saturated rings. The Morgan fingerprint density at radius 2 is 1.92 bits per heavy atom. The van der Waals surface area contributed by atoms with Crippen LogP contribution in [0, 0.1) is 6.92 Å². The molecule has 4 aromatic heterocycles. The van der Waals surface area contributed by atoms with Crippen molar-refractivity contribution in [2.45, 2.75) is 6.92 Å². The Kier molecular flexibility index (Phi) is 3.64. The van der Waals surface area contributed by atoms with Gasteiger partial charge in [-0.25, -0.2) is 9.67 Å². The Hall–Kier alpha value is -3.69. The van der Waals surface area contributed by atoms with E-state index in [9.17, 15) is 0 Å². The van der Waals surface area contributed by atoms with Crippen LogP contribution in [0.4, 0.5) is 28.8 Å². The molecule has 4 heterocycles. The number of hydrogen-bond donors (Lipinski definition) is 3. The summed E-state index contributed by atoms with van der Waals surface area (Å²) in [6, 6.07) is 1.82. The van der Waals surface area contributed by atoms with Crippen LogP contribution in [0.3, 0.4) is 0 Å². The van der Waals surface area contributed by atoms with Gasteiger partial charge in [0.05, 0.1) is 40.5 Å². The predicted molar refractivity (Wildman–Crippen MR) is 99.5 cm³/mol. The third kappa shape index (κ3) is 2.88. The molecule has 0 radical (unpaired) electrons. The lowest BCUT2D eigenvalue weighted by Crippen LogP contribution is -1.99. The first-order valence-electron chi connectivity index (χ1n) is 7.94. The first-order valence-corrected chi connectivity index (χ1v) is 7.94. The molecule has 4 aromatic rings. The zero-order chi connectivity index (χ0) is 18.3. The monoisotopic (exact) mass is 350 g/mol. The van der Waals surface area contributed by atoms with Crippen LogP contribution in [0.15, 0.2) is 30.9 Å². The summed E-state index contributed by atoms with van der Waals surface area (Å²) in [6.07, 6.45) is 6.90. The van der Waals surface area contributed by atoms with Gasteiger partial charge in [0.1, 0.15) is 0 Å². The zero-order valence-corrected chi connectivity index (χ0v) is 14.6. The Morgan fingerprint density at radius 3 is 2.69 bits per heavy atom. The van der Waals surface area contributed by atoms with Crippen molar-refractivity contribution in [2.75, 3.05) is 16.4 Å². The fourth-order valence-electron chi connectivity index (χ4n) is 2.61. The Labute approximate surface area is 149 Å². The highest BCUT2D eigenvalue weighted by molar-refractivity contribution is 5.90. The number of rotatable bonds is 4. The molecule has 0 aliphatic heterocycles. The zero-order valence-electron chi connectivity index (χ0n) is 14.6. The fourth-order valence-corrected chi connectivity index (χ4v) is 2.61. The van der Waals surface area contributed by atoms with Gasteiger partial charge in [0.2, 0.25) is 5.95 Å². The predicted octanol–water partition coefficient (Wildman–Crippen LogP) is 1.87. The molecule has 0 spiro atoms. The molecule has 0 bridgehead atoms. The SMILES string of the molecule is Cc1ncc(N)cc1Nc1nn(C)c2nc(Nc3cnn(C)c3)ncc12. The van der Waals surface area contributed by atoms with Crippen molar-refractivity contribution in [2.24, 2.45) is 14.1 Å². The highest BCUT2D eigenvalue weighted by atomic mass is 15.3. The molecule has 0 amide bonds. The molecule has 0 unspecified atom stereocenters. The van der Waals surface area contributed by atoms with E-state index in [1.807, 2.05) is 33.3 Å². The van der Waals surface area contributed by atoms with Gasteiger partial charge >= 0.3 is 0 Å². The quantitative estimate of drug-likeness (QED) is 0.509. The highest BCUT2D eigenvalue weighted by Gasteiger charge is 2.13. The van der Waals surface area contributed by atoms with E-state index in [-0.39, 0.29) is 0 Å². The van der Waals surface area contributed by atoms with Crippen LogP contribution >= 0.6 is 0 Å². The van der Waals surface area contributed by atoms with E-state index in [0.717, 1.165) is 22.5 Å². The number of nitrogens with zero attached hydrogens (tertiary/aromatic N) is 7. The van der Waals surface area contributed by atoms with Crippen LogP contribution < -0.4 is 16.4 Å². The number of aromatic nitrogens is 7. The third-order valence-electron chi connectivity index (χ3n) is 3.90. The van der Waals surface area contributed by atoms with Crippen molar-refractivity contribution in [1.29, 1.82) is 0 Å². The van der Waals surface area contributed by atoms with E-state index >= 15 is 0 Å². The molecular formula is C16H18N10. The van der Waals surface area contributed by atoms with Gasteiger partial charge in [-0.15, -0.1) is 0 Å². The molecule has 10 nitrogen and oxygen atoms in total. The van der Waals surface area contributed by atoms with Gasteiger partial charge in [0.15, 0.2) is 11.5 Å². The summed E-state index contributed by atoms with van der Waals surface area (Å²) < 4.78 is 3.40. The number of hydrogen-bond acceptors (Lipinski definition) is 8. The van der Waals surface area contributed by atoms with Gasteiger partial charge in [0, 0.05) is 26.5 Å². The first kappa shape index (κ1) is 15.8. The lowest BCUT2D eigenvalue weighted by Gasteiger charge is -2.07. The van der Waals surface area contributed by atoms with Gasteiger partial charge in [-0.2, -0.15) is 15.2 Å². The van der Waals surface area contributed by atoms with Gasteiger partial charge in [-0.3, -0.25) is 9.67 Å². The molecule has 0 saturated heterocycles. The van der Waals surface area contributed by atoms with E-state index < -0.39 is 0 Å². The molecule has 0 aromatic carbocycles. The van der Waals surface area contributed by atoms with Gasteiger partial charge in [-0.05, 0) is 13.0 Å². The van der Waals surface area contributed by atoms with Gasteiger partial charge in [0.25, 0.3) is 0 Å². The van der Waals surface area contributed by atoms with E-state index in [2.05, 4.69) is 35.8 Å². The molecule has 4 rings (SSSR count). The topological polar surface area (TPSA) is 124 Å². The van der Waals surface area contributed by atoms with E-state index in [1.54, 1.807) is 28.0 Å². The number of pyridine rings is 1. The number of aryl methyl sites for hydroxylation is 3. The summed E-state index contributed by atoms with van der Waals surface area (Å²) in [6.45, 7) is 1.90. The van der Waals surface area contributed by atoms with Gasteiger partial charge < -0.3 is 16.4 Å². The minimum Gasteiger partial charge on any atom is -0.397 e. The van der Waals surface area contributed by atoms with Crippen LogP contribution in [0.1, 0.15) is 5.69 Å². The summed E-state index contributed by atoms with van der Waals surface area (Å²) in [5.74, 6) is 1.12. The number of anilines is 5. The molecule has 0 saturated carbocycles. The average molecular weight is 350 g/mol. The summed E-state index contributed by atoms with van der Waals surface area (Å²) in [5.41, 5.74) is 9.54. The largest absolute Gasteiger partial charge is 0.397 e. The fraction of sp³-hybridized carbons (Fsp3) is 0.188. The first-order chi connectivity index (χ1) is 12.5. The molecule has 10 heteroatoms. The number of fused-ring (bicyclic) bond motifs is 1. The van der Waals surface area contributed by atoms with Crippen molar-refractivity contribution in [1.82, 2.24) is 34.5 Å². The maximum absolute atomic E-state index is 5.83. The molecule has 0 aliphatic carbocycles. The Bertz CT molecular complexity index is 1090. The summed E-state index contributed by atoms with van der Waals surface area (Å²) in [4.78, 5) is 13.2.